The molecule has 7 nitrogen and oxygen atoms in total. The number of hydrogen-bond acceptors (Lipinski definition) is 6. The van der Waals surface area contributed by atoms with Gasteiger partial charge in [0.2, 0.25) is 5.82 Å². The molecule has 47 heavy (non-hydrogen) atoms. The van der Waals surface area contributed by atoms with Gasteiger partial charge in [0.1, 0.15) is 5.56 Å². The molecule has 5 atom stereocenters. The van der Waals surface area contributed by atoms with E-state index in [0.29, 0.717) is 18.2 Å². The third kappa shape index (κ3) is 7.07. The van der Waals surface area contributed by atoms with Crippen LogP contribution >= 0.6 is 0 Å². The molecule has 3 aromatic carbocycles. The molecule has 0 saturated carbocycles. The zero-order valence-corrected chi connectivity index (χ0v) is 26.0. The van der Waals surface area contributed by atoms with Crippen LogP contribution in [0.4, 0.5) is 27.6 Å². The third-order valence-electron chi connectivity index (χ3n) is 9.56. The van der Waals surface area contributed by atoms with Crippen LogP contribution in [0.25, 0.3) is 0 Å². The molecule has 12 heteroatoms. The summed E-state index contributed by atoms with van der Waals surface area (Å²) in [6, 6.07) is 14.1. The molecule has 2 N–H and O–H groups in total. The number of nitrogens with one attached hydrogen (secondary N) is 1. The Morgan fingerprint density at radius 1 is 0.851 bits per heavy atom. The number of amides is 1. The average molecular weight is 660 g/mol. The van der Waals surface area contributed by atoms with Gasteiger partial charge in [0, 0.05) is 36.3 Å². The molecule has 6 rings (SSSR count). The second-order valence-corrected chi connectivity index (χ2v) is 12.6. The summed E-state index contributed by atoms with van der Waals surface area (Å²) in [6.07, 6.45) is 3.15. The summed E-state index contributed by atoms with van der Waals surface area (Å²) in [5.74, 6) is -12.7. The lowest BCUT2D eigenvalue weighted by molar-refractivity contribution is -0.276. The van der Waals surface area contributed by atoms with E-state index in [0.717, 1.165) is 50.1 Å². The van der Waals surface area contributed by atoms with E-state index in [1.807, 2.05) is 24.3 Å². The van der Waals surface area contributed by atoms with Gasteiger partial charge in [-0.1, -0.05) is 43.3 Å². The average Bonchev–Trinajstić information content (AvgIpc) is 3.76. The van der Waals surface area contributed by atoms with Crippen molar-refractivity contribution >= 4 is 11.6 Å². The zero-order valence-electron chi connectivity index (χ0n) is 26.0. The van der Waals surface area contributed by atoms with Crippen molar-refractivity contribution in [3.63, 3.8) is 0 Å². The maximum absolute atomic E-state index is 14.3. The van der Waals surface area contributed by atoms with Gasteiger partial charge in [0.25, 0.3) is 5.91 Å². The largest absolute Gasteiger partial charge is 0.392 e. The van der Waals surface area contributed by atoms with Crippen LogP contribution in [0.2, 0.25) is 0 Å². The van der Waals surface area contributed by atoms with Gasteiger partial charge in [-0.25, -0.2) is 22.0 Å². The number of carbonyl (C=O) groups is 1. The first kappa shape index (κ1) is 33.5. The number of likely N-dealkylation sites (tertiary alicyclic amines) is 2. The maximum atomic E-state index is 14.3. The van der Waals surface area contributed by atoms with Gasteiger partial charge in [-0.15, -0.1) is 0 Å². The molecule has 0 unspecified atom stereocenters. The molecule has 3 saturated heterocycles. The summed E-state index contributed by atoms with van der Waals surface area (Å²) >= 11 is 0. The number of aliphatic hydroxyl groups is 1. The number of ether oxygens (including phenoxy) is 2. The summed E-state index contributed by atoms with van der Waals surface area (Å²) in [5, 5.41) is 11.8. The number of anilines is 1. The number of aliphatic hydroxyl groups excluding tert-OH is 1. The SMILES string of the molecule is C[C@@H]1[C@H](CN2CCC[C@H]2CN2CCCC2)O[C@H](c2cccc(NC(=O)c3c(F)c(F)c(F)c(F)c3F)c2)O[C@@H]1c1ccc(CO)cc1. The molecule has 0 radical (unpaired) electrons. The molecular formula is C35H38F5N3O4. The van der Waals surface area contributed by atoms with E-state index < -0.39 is 53.0 Å². The second kappa shape index (κ2) is 14.4. The summed E-state index contributed by atoms with van der Waals surface area (Å²) in [6.45, 7) is 6.91. The number of carbonyl (C=O) groups excluding carboxylic acids is 1. The van der Waals surface area contributed by atoms with Crippen LogP contribution in [0.5, 0.6) is 0 Å². The van der Waals surface area contributed by atoms with Crippen molar-refractivity contribution in [1.82, 2.24) is 9.80 Å². The molecule has 0 aromatic heterocycles. The van der Waals surface area contributed by atoms with Gasteiger partial charge in [-0.05, 0) is 68.6 Å². The van der Waals surface area contributed by atoms with E-state index in [2.05, 4.69) is 22.0 Å². The number of hydrogen-bond donors (Lipinski definition) is 2. The smallest absolute Gasteiger partial charge is 0.261 e. The van der Waals surface area contributed by atoms with Gasteiger partial charge in [0.05, 0.1) is 18.8 Å². The Labute approximate surface area is 270 Å². The topological polar surface area (TPSA) is 74.3 Å². The van der Waals surface area contributed by atoms with Crippen molar-refractivity contribution in [3.8, 4) is 0 Å². The molecule has 0 spiro atoms. The van der Waals surface area contributed by atoms with Gasteiger partial charge in [-0.2, -0.15) is 0 Å². The molecule has 3 heterocycles. The maximum Gasteiger partial charge on any atom is 0.261 e. The predicted molar refractivity (Wildman–Crippen MR) is 164 cm³/mol. The standard InChI is InChI=1S/C35H38F5N3O4/c1-20-26(18-43-15-5-8-25(43)17-42-13-2-3-14-42)46-35(47-33(20)22-11-9-21(19-44)10-12-22)23-6-4-7-24(16-23)41-34(45)27-28(36)30(38)32(40)31(39)29(27)37/h4,6-7,9-12,16,20,25-26,33,35,44H,2-3,5,8,13-15,17-19H2,1H3,(H,41,45)/t20-,25+,26+,33+,35+/m1/s1. The van der Waals surface area contributed by atoms with Crippen LogP contribution in [-0.2, 0) is 16.1 Å². The lowest BCUT2D eigenvalue weighted by Crippen LogP contribution is -2.48. The monoisotopic (exact) mass is 659 g/mol. The summed E-state index contributed by atoms with van der Waals surface area (Å²) in [5.41, 5.74) is 0.628. The first-order valence-corrected chi connectivity index (χ1v) is 16.0. The fraction of sp³-hybridized carbons (Fsp3) is 0.457. The van der Waals surface area contributed by atoms with Crippen LogP contribution in [0.15, 0.2) is 48.5 Å². The van der Waals surface area contributed by atoms with Crippen molar-refractivity contribution in [3.05, 3.63) is 99.9 Å². The fourth-order valence-electron chi connectivity index (χ4n) is 6.93. The summed E-state index contributed by atoms with van der Waals surface area (Å²) in [7, 11) is 0. The highest BCUT2D eigenvalue weighted by Gasteiger charge is 2.41. The fourth-order valence-corrected chi connectivity index (χ4v) is 6.93. The predicted octanol–water partition coefficient (Wildman–Crippen LogP) is 6.48. The Balaban J connectivity index is 1.25. The molecule has 0 bridgehead atoms. The van der Waals surface area contributed by atoms with Gasteiger partial charge in [-0.3, -0.25) is 9.69 Å². The Kier molecular flexibility index (Phi) is 10.2. The Morgan fingerprint density at radius 3 is 2.21 bits per heavy atom. The number of nitrogens with zero attached hydrogens (tertiary/aromatic N) is 2. The molecular weight excluding hydrogens is 621 g/mol. The molecule has 3 fully saturated rings. The summed E-state index contributed by atoms with van der Waals surface area (Å²) < 4.78 is 82.8. The van der Waals surface area contributed by atoms with E-state index in [1.54, 1.807) is 12.1 Å². The second-order valence-electron chi connectivity index (χ2n) is 12.6. The van der Waals surface area contributed by atoms with E-state index in [-0.39, 0.29) is 24.3 Å². The van der Waals surface area contributed by atoms with Crippen LogP contribution in [0, 0.1) is 35.0 Å². The van der Waals surface area contributed by atoms with Crippen molar-refractivity contribution in [1.29, 1.82) is 0 Å². The van der Waals surface area contributed by atoms with Crippen LogP contribution < -0.4 is 5.32 Å². The van der Waals surface area contributed by atoms with Gasteiger partial charge >= 0.3 is 0 Å². The minimum Gasteiger partial charge on any atom is -0.392 e. The molecule has 3 aliphatic rings. The van der Waals surface area contributed by atoms with Crippen LogP contribution in [0.1, 0.15) is 72.0 Å². The van der Waals surface area contributed by atoms with Crippen molar-refractivity contribution in [2.24, 2.45) is 5.92 Å². The Hall–Kier alpha value is -3.42. The quantitative estimate of drug-likeness (QED) is 0.156. The molecule has 3 aliphatic heterocycles. The van der Waals surface area contributed by atoms with Gasteiger partial charge < -0.3 is 24.8 Å². The highest BCUT2D eigenvalue weighted by molar-refractivity contribution is 6.04. The van der Waals surface area contributed by atoms with Crippen LogP contribution in [-0.4, -0.2) is 65.7 Å². The number of rotatable bonds is 9. The van der Waals surface area contributed by atoms with Crippen LogP contribution in [0.3, 0.4) is 0 Å². The number of halogens is 5. The van der Waals surface area contributed by atoms with E-state index in [9.17, 15) is 31.9 Å². The minimum absolute atomic E-state index is 0.0490. The van der Waals surface area contributed by atoms with Crippen molar-refractivity contribution in [2.45, 2.75) is 63.8 Å². The van der Waals surface area contributed by atoms with Crippen molar-refractivity contribution < 1.29 is 41.3 Å². The van der Waals surface area contributed by atoms with E-state index in [1.165, 1.54) is 25.0 Å². The highest BCUT2D eigenvalue weighted by Crippen LogP contribution is 2.43. The van der Waals surface area contributed by atoms with Crippen molar-refractivity contribution in [2.75, 3.05) is 38.0 Å². The van der Waals surface area contributed by atoms with E-state index >= 15 is 0 Å². The normalized spacial score (nSPS) is 25.4. The lowest BCUT2D eigenvalue weighted by Gasteiger charge is -2.43. The zero-order chi connectivity index (χ0) is 33.2. The first-order chi connectivity index (χ1) is 22.6. The Morgan fingerprint density at radius 2 is 1.53 bits per heavy atom. The minimum atomic E-state index is -2.34. The number of benzene rings is 3. The molecule has 3 aromatic rings. The first-order valence-electron chi connectivity index (χ1n) is 16.0. The molecule has 1 amide bonds. The summed E-state index contributed by atoms with van der Waals surface area (Å²) in [4.78, 5) is 17.8. The lowest BCUT2D eigenvalue weighted by atomic mass is 9.90. The third-order valence-corrected chi connectivity index (χ3v) is 9.56. The van der Waals surface area contributed by atoms with Gasteiger partial charge in [0.15, 0.2) is 29.6 Å². The highest BCUT2D eigenvalue weighted by atomic mass is 19.2. The van der Waals surface area contributed by atoms with E-state index in [4.69, 9.17) is 9.47 Å². The molecule has 0 aliphatic carbocycles. The molecule has 252 valence electrons. The Bertz CT molecular complexity index is 1560.